The molecule has 2 saturated heterocycles. The molecule has 5 unspecified atom stereocenters. The third kappa shape index (κ3) is 2.22. The van der Waals surface area contributed by atoms with Crippen molar-refractivity contribution in [1.82, 2.24) is 4.90 Å². The predicted molar refractivity (Wildman–Crippen MR) is 72.2 cm³/mol. The van der Waals surface area contributed by atoms with E-state index in [0.717, 1.165) is 32.1 Å². The second kappa shape index (κ2) is 5.35. The first-order valence-corrected chi connectivity index (χ1v) is 7.76. The van der Waals surface area contributed by atoms with Crippen LogP contribution in [-0.2, 0) is 14.3 Å². The number of fused-ring (bicyclic) bond motifs is 1. The third-order valence-electron chi connectivity index (χ3n) is 5.26. The minimum absolute atomic E-state index is 0.0863. The summed E-state index contributed by atoms with van der Waals surface area (Å²) in [6, 6.07) is -0.527. The van der Waals surface area contributed by atoms with Gasteiger partial charge in [0.15, 0.2) is 0 Å². The summed E-state index contributed by atoms with van der Waals surface area (Å²) in [4.78, 5) is 26.0. The summed E-state index contributed by atoms with van der Waals surface area (Å²) in [6.07, 6.45) is 5.32. The highest BCUT2D eigenvalue weighted by Crippen LogP contribution is 2.41. The molecule has 1 saturated carbocycles. The van der Waals surface area contributed by atoms with E-state index < -0.39 is 18.1 Å². The average Bonchev–Trinajstić information content (AvgIpc) is 3.01. The molecule has 0 radical (unpaired) electrons. The first kappa shape index (κ1) is 13.9. The lowest BCUT2D eigenvalue weighted by atomic mass is 9.84. The van der Waals surface area contributed by atoms with E-state index in [1.54, 1.807) is 4.90 Å². The summed E-state index contributed by atoms with van der Waals surface area (Å²) < 4.78 is 5.56. The molecule has 0 aromatic heterocycles. The lowest BCUT2D eigenvalue weighted by Crippen LogP contribution is -2.51. The average molecular weight is 281 g/mol. The summed E-state index contributed by atoms with van der Waals surface area (Å²) in [7, 11) is 0. The van der Waals surface area contributed by atoms with Crippen LogP contribution in [0.15, 0.2) is 0 Å². The molecule has 2 heterocycles. The topological polar surface area (TPSA) is 66.8 Å². The number of aliphatic carboxylic acids is 1. The van der Waals surface area contributed by atoms with E-state index in [4.69, 9.17) is 4.74 Å². The van der Waals surface area contributed by atoms with Crippen molar-refractivity contribution in [2.45, 2.75) is 63.6 Å². The van der Waals surface area contributed by atoms with E-state index in [1.165, 1.54) is 0 Å². The molecule has 3 rings (SSSR count). The van der Waals surface area contributed by atoms with Crippen molar-refractivity contribution >= 4 is 11.9 Å². The van der Waals surface area contributed by atoms with Gasteiger partial charge in [-0.3, -0.25) is 4.79 Å². The molecule has 1 amide bonds. The Morgan fingerprint density at radius 3 is 2.60 bits per heavy atom. The van der Waals surface area contributed by atoms with Gasteiger partial charge in [0, 0.05) is 12.6 Å². The van der Waals surface area contributed by atoms with Crippen LogP contribution in [0, 0.1) is 11.8 Å². The number of ether oxygens (including phenoxy) is 1. The Balaban J connectivity index is 1.83. The van der Waals surface area contributed by atoms with Crippen LogP contribution >= 0.6 is 0 Å². The molecule has 1 N–H and O–H groups in total. The number of nitrogens with zero attached hydrogens (tertiary/aromatic N) is 1. The van der Waals surface area contributed by atoms with Gasteiger partial charge in [0.1, 0.15) is 12.1 Å². The van der Waals surface area contributed by atoms with Crippen molar-refractivity contribution in [3.8, 4) is 0 Å². The molecule has 1 aliphatic carbocycles. The fourth-order valence-electron chi connectivity index (χ4n) is 4.16. The SMILES string of the molecule is CC1CCOC1C(=O)N1C(C(=O)O)CC2CCCCC21. The van der Waals surface area contributed by atoms with E-state index in [0.29, 0.717) is 18.9 Å². The summed E-state index contributed by atoms with van der Waals surface area (Å²) in [5.41, 5.74) is 0. The second-order valence-electron chi connectivity index (χ2n) is 6.50. The van der Waals surface area contributed by atoms with Crippen LogP contribution in [0.1, 0.15) is 45.4 Å². The number of carbonyl (C=O) groups excluding carboxylic acids is 1. The maximum absolute atomic E-state index is 12.8. The molecule has 3 aliphatic rings. The lowest BCUT2D eigenvalue weighted by molar-refractivity contribution is -0.155. The highest BCUT2D eigenvalue weighted by atomic mass is 16.5. The van der Waals surface area contributed by atoms with Crippen molar-refractivity contribution in [2.75, 3.05) is 6.61 Å². The fourth-order valence-corrected chi connectivity index (χ4v) is 4.16. The molecule has 0 aromatic rings. The largest absolute Gasteiger partial charge is 0.480 e. The molecule has 3 fully saturated rings. The van der Waals surface area contributed by atoms with Crippen LogP contribution < -0.4 is 0 Å². The monoisotopic (exact) mass is 281 g/mol. The van der Waals surface area contributed by atoms with Crippen molar-refractivity contribution in [3.05, 3.63) is 0 Å². The molecule has 5 nitrogen and oxygen atoms in total. The van der Waals surface area contributed by atoms with Crippen LogP contribution in [0.25, 0.3) is 0 Å². The number of rotatable bonds is 2. The Hall–Kier alpha value is -1.10. The van der Waals surface area contributed by atoms with Crippen LogP contribution in [0.2, 0.25) is 0 Å². The molecule has 2 aliphatic heterocycles. The number of carboxylic acids is 1. The minimum atomic E-state index is -0.863. The van der Waals surface area contributed by atoms with Gasteiger partial charge in [-0.05, 0) is 37.5 Å². The third-order valence-corrected chi connectivity index (χ3v) is 5.26. The van der Waals surface area contributed by atoms with Gasteiger partial charge < -0.3 is 14.7 Å². The predicted octanol–water partition coefficient (Wildman–Crippen LogP) is 1.66. The summed E-state index contributed by atoms with van der Waals surface area (Å²) in [6.45, 7) is 2.62. The normalized spacial score (nSPS) is 40.6. The number of carbonyl (C=O) groups is 2. The van der Waals surface area contributed by atoms with Crippen molar-refractivity contribution in [2.24, 2.45) is 11.8 Å². The Labute approximate surface area is 119 Å². The minimum Gasteiger partial charge on any atom is -0.480 e. The Morgan fingerprint density at radius 1 is 1.20 bits per heavy atom. The first-order valence-electron chi connectivity index (χ1n) is 7.76. The Morgan fingerprint density at radius 2 is 1.95 bits per heavy atom. The van der Waals surface area contributed by atoms with Crippen molar-refractivity contribution in [1.29, 1.82) is 0 Å². The second-order valence-corrected chi connectivity index (χ2v) is 6.50. The molecule has 0 spiro atoms. The van der Waals surface area contributed by atoms with Gasteiger partial charge in [0.25, 0.3) is 5.91 Å². The van der Waals surface area contributed by atoms with E-state index in [2.05, 4.69) is 0 Å². The van der Waals surface area contributed by atoms with Crippen molar-refractivity contribution in [3.63, 3.8) is 0 Å². The zero-order valence-electron chi connectivity index (χ0n) is 12.0. The number of likely N-dealkylation sites (tertiary alicyclic amines) is 1. The van der Waals surface area contributed by atoms with E-state index >= 15 is 0 Å². The number of hydrogen-bond donors (Lipinski definition) is 1. The van der Waals surface area contributed by atoms with Gasteiger partial charge in [0.05, 0.1) is 0 Å². The maximum atomic E-state index is 12.8. The standard InChI is InChI=1S/C15H23NO4/c1-9-6-7-20-13(9)14(17)16-11-5-3-2-4-10(11)8-12(16)15(18)19/h9-13H,2-8H2,1H3,(H,18,19). The van der Waals surface area contributed by atoms with Crippen LogP contribution in [-0.4, -0.2) is 46.7 Å². The van der Waals surface area contributed by atoms with Crippen LogP contribution in [0.5, 0.6) is 0 Å². The first-order chi connectivity index (χ1) is 9.59. The quantitative estimate of drug-likeness (QED) is 0.836. The van der Waals surface area contributed by atoms with Gasteiger partial charge in [-0.1, -0.05) is 19.8 Å². The molecule has 0 aromatic carbocycles. The summed E-state index contributed by atoms with van der Waals surface area (Å²) in [5.74, 6) is -0.389. The summed E-state index contributed by atoms with van der Waals surface area (Å²) in [5, 5.41) is 9.45. The Bertz CT molecular complexity index is 411. The molecule has 112 valence electrons. The lowest BCUT2D eigenvalue weighted by Gasteiger charge is -2.35. The fraction of sp³-hybridized carbons (Fsp3) is 0.867. The van der Waals surface area contributed by atoms with Gasteiger partial charge in [-0.25, -0.2) is 4.79 Å². The Kier molecular flexibility index (Phi) is 3.71. The highest BCUT2D eigenvalue weighted by Gasteiger charge is 2.50. The van der Waals surface area contributed by atoms with E-state index in [1.807, 2.05) is 6.92 Å². The smallest absolute Gasteiger partial charge is 0.326 e. The van der Waals surface area contributed by atoms with E-state index in [9.17, 15) is 14.7 Å². The number of carboxylic acid groups (broad SMARTS) is 1. The zero-order chi connectivity index (χ0) is 14.3. The van der Waals surface area contributed by atoms with Gasteiger partial charge in [-0.15, -0.1) is 0 Å². The number of amides is 1. The summed E-state index contributed by atoms with van der Waals surface area (Å²) >= 11 is 0. The maximum Gasteiger partial charge on any atom is 0.326 e. The van der Waals surface area contributed by atoms with Crippen LogP contribution in [0.4, 0.5) is 0 Å². The van der Waals surface area contributed by atoms with E-state index in [-0.39, 0.29) is 17.9 Å². The molecular weight excluding hydrogens is 258 g/mol. The van der Waals surface area contributed by atoms with Crippen molar-refractivity contribution < 1.29 is 19.4 Å². The van der Waals surface area contributed by atoms with Gasteiger partial charge >= 0.3 is 5.97 Å². The number of hydrogen-bond acceptors (Lipinski definition) is 3. The van der Waals surface area contributed by atoms with Gasteiger partial charge in [0.2, 0.25) is 0 Å². The van der Waals surface area contributed by atoms with Crippen LogP contribution in [0.3, 0.4) is 0 Å². The molecular formula is C15H23NO4. The highest BCUT2D eigenvalue weighted by molar-refractivity contribution is 5.87. The zero-order valence-corrected chi connectivity index (χ0v) is 12.0. The molecule has 0 bridgehead atoms. The molecule has 20 heavy (non-hydrogen) atoms. The molecule has 5 atom stereocenters. The molecule has 5 heteroatoms. The van der Waals surface area contributed by atoms with Gasteiger partial charge in [-0.2, -0.15) is 0 Å².